The van der Waals surface area contributed by atoms with Crippen LogP contribution in [0.5, 0.6) is 0 Å². The Bertz CT molecular complexity index is 373. The van der Waals surface area contributed by atoms with Crippen molar-refractivity contribution >= 4 is 17.4 Å². The molecule has 1 atom stereocenters. The van der Waals surface area contributed by atoms with E-state index in [9.17, 15) is 4.79 Å². The Morgan fingerprint density at radius 1 is 1.47 bits per heavy atom. The fourth-order valence-electron chi connectivity index (χ4n) is 2.01. The van der Waals surface area contributed by atoms with Crippen LogP contribution in [0, 0.1) is 5.92 Å². The maximum atomic E-state index is 12.4. The van der Waals surface area contributed by atoms with Crippen molar-refractivity contribution in [2.24, 2.45) is 5.92 Å². The van der Waals surface area contributed by atoms with E-state index in [2.05, 4.69) is 18.9 Å². The minimum Gasteiger partial charge on any atom is -0.292 e. The predicted octanol–water partition coefficient (Wildman–Crippen LogP) is 3.96. The van der Waals surface area contributed by atoms with Gasteiger partial charge in [-0.25, -0.2) is 0 Å². The van der Waals surface area contributed by atoms with E-state index >= 15 is 0 Å². The minimum atomic E-state index is 0.0782. The molecule has 0 aliphatic heterocycles. The van der Waals surface area contributed by atoms with Gasteiger partial charge in [-0.3, -0.25) is 9.48 Å². The van der Waals surface area contributed by atoms with Crippen molar-refractivity contribution in [2.45, 2.75) is 53.0 Å². The maximum Gasteiger partial charge on any atom is 0.185 e. The number of aryl methyl sites for hydroxylation is 1. The van der Waals surface area contributed by atoms with Crippen molar-refractivity contribution in [3.8, 4) is 0 Å². The van der Waals surface area contributed by atoms with Crippen LogP contribution in [-0.2, 0) is 6.54 Å². The molecule has 3 nitrogen and oxygen atoms in total. The Kier molecular flexibility index (Phi) is 5.69. The normalized spacial score (nSPS) is 12.7. The molecule has 0 aliphatic rings. The molecule has 0 spiro atoms. The number of ketones is 1. The van der Waals surface area contributed by atoms with E-state index < -0.39 is 0 Å². The Morgan fingerprint density at radius 3 is 2.71 bits per heavy atom. The summed E-state index contributed by atoms with van der Waals surface area (Å²) < 4.78 is 1.69. The lowest BCUT2D eigenvalue weighted by molar-refractivity contribution is 0.0897. The number of rotatable bonds is 7. The largest absolute Gasteiger partial charge is 0.292 e. The van der Waals surface area contributed by atoms with Gasteiger partial charge in [0.1, 0.15) is 5.69 Å². The van der Waals surface area contributed by atoms with Crippen molar-refractivity contribution in [1.82, 2.24) is 9.78 Å². The molecule has 1 unspecified atom stereocenters. The van der Waals surface area contributed by atoms with Gasteiger partial charge in [0.15, 0.2) is 5.78 Å². The van der Waals surface area contributed by atoms with E-state index in [1.807, 2.05) is 6.92 Å². The number of hydrogen-bond acceptors (Lipinski definition) is 2. The summed E-state index contributed by atoms with van der Waals surface area (Å²) in [6.45, 7) is 6.84. The zero-order valence-electron chi connectivity index (χ0n) is 10.9. The first kappa shape index (κ1) is 14.2. The highest BCUT2D eigenvalue weighted by atomic mass is 35.5. The van der Waals surface area contributed by atoms with Gasteiger partial charge >= 0.3 is 0 Å². The molecule has 17 heavy (non-hydrogen) atoms. The second-order valence-electron chi connectivity index (χ2n) is 4.27. The van der Waals surface area contributed by atoms with Gasteiger partial charge in [-0.15, -0.1) is 0 Å². The number of nitrogens with zero attached hydrogens (tertiary/aromatic N) is 2. The molecule has 1 aromatic heterocycles. The maximum absolute atomic E-state index is 12.4. The molecule has 1 aromatic rings. The standard InChI is InChI=1S/C13H21ClN2O/c1-4-7-8-10(5-2)13(17)12-11(14)9-15-16(12)6-3/h9-10H,4-8H2,1-3H3. The van der Waals surface area contributed by atoms with E-state index in [-0.39, 0.29) is 11.7 Å². The lowest BCUT2D eigenvalue weighted by Gasteiger charge is -2.14. The summed E-state index contributed by atoms with van der Waals surface area (Å²) >= 11 is 6.05. The molecule has 0 saturated heterocycles. The average molecular weight is 257 g/mol. The molecule has 0 bridgehead atoms. The van der Waals surface area contributed by atoms with Crippen LogP contribution in [0.15, 0.2) is 6.20 Å². The zero-order valence-corrected chi connectivity index (χ0v) is 11.6. The summed E-state index contributed by atoms with van der Waals surface area (Å²) in [5.41, 5.74) is 0.581. The Hall–Kier alpha value is -0.830. The molecular formula is C13H21ClN2O. The molecule has 0 aliphatic carbocycles. The van der Waals surface area contributed by atoms with Gasteiger partial charge in [-0.05, 0) is 19.8 Å². The molecule has 4 heteroatoms. The van der Waals surface area contributed by atoms with Crippen LogP contribution < -0.4 is 0 Å². The molecule has 0 saturated carbocycles. The van der Waals surface area contributed by atoms with Gasteiger partial charge in [0.2, 0.25) is 0 Å². The van der Waals surface area contributed by atoms with Gasteiger partial charge in [-0.1, -0.05) is 38.3 Å². The molecule has 0 amide bonds. The van der Waals surface area contributed by atoms with E-state index in [1.54, 1.807) is 10.9 Å². The summed E-state index contributed by atoms with van der Waals surface area (Å²) in [7, 11) is 0. The third-order valence-electron chi connectivity index (χ3n) is 3.10. The number of halogens is 1. The van der Waals surface area contributed by atoms with Gasteiger partial charge in [0, 0.05) is 12.5 Å². The number of Topliss-reactive ketones (excluding diaryl/α,β-unsaturated/α-hetero) is 1. The highest BCUT2D eigenvalue weighted by molar-refractivity contribution is 6.33. The van der Waals surface area contributed by atoms with Crippen molar-refractivity contribution in [2.75, 3.05) is 0 Å². The van der Waals surface area contributed by atoms with Crippen LogP contribution in [0.1, 0.15) is 56.9 Å². The van der Waals surface area contributed by atoms with Crippen molar-refractivity contribution in [3.63, 3.8) is 0 Å². The fraction of sp³-hybridized carbons (Fsp3) is 0.692. The summed E-state index contributed by atoms with van der Waals surface area (Å²) in [4.78, 5) is 12.4. The fourth-order valence-corrected chi connectivity index (χ4v) is 2.25. The first-order valence-corrected chi connectivity index (χ1v) is 6.78. The lowest BCUT2D eigenvalue weighted by Crippen LogP contribution is -2.19. The van der Waals surface area contributed by atoms with Crippen LogP contribution in [0.2, 0.25) is 5.02 Å². The predicted molar refractivity (Wildman–Crippen MR) is 70.5 cm³/mol. The number of unbranched alkanes of at least 4 members (excludes halogenated alkanes) is 1. The number of aromatic nitrogens is 2. The van der Waals surface area contributed by atoms with E-state index in [0.29, 0.717) is 17.3 Å². The van der Waals surface area contributed by atoms with E-state index in [1.165, 1.54) is 0 Å². The Labute approximate surface area is 108 Å². The quantitative estimate of drug-likeness (QED) is 0.693. The van der Waals surface area contributed by atoms with E-state index in [4.69, 9.17) is 11.6 Å². The third kappa shape index (κ3) is 3.32. The monoisotopic (exact) mass is 256 g/mol. The summed E-state index contributed by atoms with van der Waals surface area (Å²) in [5.74, 6) is 0.222. The van der Waals surface area contributed by atoms with Gasteiger partial charge in [-0.2, -0.15) is 5.10 Å². The molecular weight excluding hydrogens is 236 g/mol. The number of carbonyl (C=O) groups is 1. The zero-order chi connectivity index (χ0) is 12.8. The van der Waals surface area contributed by atoms with Crippen LogP contribution in [0.25, 0.3) is 0 Å². The second-order valence-corrected chi connectivity index (χ2v) is 4.68. The molecule has 0 fully saturated rings. The third-order valence-corrected chi connectivity index (χ3v) is 3.37. The van der Waals surface area contributed by atoms with Crippen molar-refractivity contribution in [1.29, 1.82) is 0 Å². The van der Waals surface area contributed by atoms with Crippen molar-refractivity contribution < 1.29 is 4.79 Å². The van der Waals surface area contributed by atoms with Gasteiger partial charge in [0.25, 0.3) is 0 Å². The minimum absolute atomic E-state index is 0.0782. The van der Waals surface area contributed by atoms with Crippen molar-refractivity contribution in [3.05, 3.63) is 16.9 Å². The molecule has 1 rings (SSSR count). The highest BCUT2D eigenvalue weighted by Gasteiger charge is 2.23. The highest BCUT2D eigenvalue weighted by Crippen LogP contribution is 2.23. The van der Waals surface area contributed by atoms with Crippen LogP contribution >= 0.6 is 11.6 Å². The molecule has 96 valence electrons. The van der Waals surface area contributed by atoms with Crippen LogP contribution in [-0.4, -0.2) is 15.6 Å². The van der Waals surface area contributed by atoms with Crippen LogP contribution in [0.3, 0.4) is 0 Å². The topological polar surface area (TPSA) is 34.9 Å². The first-order valence-electron chi connectivity index (χ1n) is 6.41. The summed E-state index contributed by atoms with van der Waals surface area (Å²) in [6.07, 6.45) is 5.57. The molecule has 0 N–H and O–H groups in total. The molecule has 1 heterocycles. The average Bonchev–Trinajstić information content (AvgIpc) is 2.71. The second kappa shape index (κ2) is 6.80. The number of hydrogen-bond donors (Lipinski definition) is 0. The van der Waals surface area contributed by atoms with Gasteiger partial charge in [0.05, 0.1) is 11.2 Å². The van der Waals surface area contributed by atoms with E-state index in [0.717, 1.165) is 25.7 Å². The molecule has 0 radical (unpaired) electrons. The first-order chi connectivity index (χ1) is 8.15. The number of carbonyl (C=O) groups excluding carboxylic acids is 1. The Balaban J connectivity index is 2.89. The lowest BCUT2D eigenvalue weighted by atomic mass is 9.93. The molecule has 0 aromatic carbocycles. The SMILES string of the molecule is CCCCC(CC)C(=O)c1c(Cl)cnn1CC. The van der Waals surface area contributed by atoms with Crippen LogP contribution in [0.4, 0.5) is 0 Å². The Morgan fingerprint density at radius 2 is 2.18 bits per heavy atom. The summed E-state index contributed by atoms with van der Waals surface area (Å²) in [5, 5.41) is 4.59. The summed E-state index contributed by atoms with van der Waals surface area (Å²) in [6, 6.07) is 0. The van der Waals surface area contributed by atoms with Gasteiger partial charge < -0.3 is 0 Å². The smallest absolute Gasteiger partial charge is 0.185 e.